The molecule has 32 heavy (non-hydrogen) atoms. The first kappa shape index (κ1) is 20.6. The number of methoxy groups -OCH3 is 2. The maximum absolute atomic E-state index is 13.5. The summed E-state index contributed by atoms with van der Waals surface area (Å²) in [5, 5.41) is 2.20. The monoisotopic (exact) mass is 429 g/mol. The van der Waals surface area contributed by atoms with Crippen molar-refractivity contribution in [3.8, 4) is 17.2 Å². The van der Waals surface area contributed by atoms with Crippen molar-refractivity contribution in [2.24, 2.45) is 0 Å². The molecular formula is C27H27NO4. The van der Waals surface area contributed by atoms with Gasteiger partial charge in [-0.3, -0.25) is 4.79 Å². The Morgan fingerprint density at radius 1 is 1.00 bits per heavy atom. The Morgan fingerprint density at radius 2 is 1.72 bits per heavy atom. The van der Waals surface area contributed by atoms with Crippen LogP contribution in [0.5, 0.6) is 17.2 Å². The Hall–Kier alpha value is -3.31. The first-order chi connectivity index (χ1) is 15.6. The minimum Gasteiger partial charge on any atom is -0.496 e. The van der Waals surface area contributed by atoms with E-state index in [0.717, 1.165) is 53.6 Å². The highest BCUT2D eigenvalue weighted by atomic mass is 16.5. The second kappa shape index (κ2) is 8.32. The molecule has 5 nitrogen and oxygen atoms in total. The van der Waals surface area contributed by atoms with Gasteiger partial charge in [-0.05, 0) is 61.3 Å². The Morgan fingerprint density at radius 3 is 2.47 bits per heavy atom. The van der Waals surface area contributed by atoms with Gasteiger partial charge in [0.1, 0.15) is 22.8 Å². The molecule has 3 aromatic carbocycles. The van der Waals surface area contributed by atoms with Gasteiger partial charge in [-0.15, -0.1) is 0 Å². The summed E-state index contributed by atoms with van der Waals surface area (Å²) in [4.78, 5) is 15.8. The highest BCUT2D eigenvalue weighted by Gasteiger charge is 2.38. The fraction of sp³-hybridized carbons (Fsp3) is 0.296. The second-order valence-electron chi connectivity index (χ2n) is 8.48. The molecular weight excluding hydrogens is 402 g/mol. The van der Waals surface area contributed by atoms with Crippen LogP contribution in [-0.2, 0) is 0 Å². The predicted molar refractivity (Wildman–Crippen MR) is 126 cm³/mol. The Balaban J connectivity index is 1.63. The second-order valence-corrected chi connectivity index (χ2v) is 8.48. The van der Waals surface area contributed by atoms with Gasteiger partial charge in [0.2, 0.25) is 5.78 Å². The minimum atomic E-state index is -0.151. The van der Waals surface area contributed by atoms with Gasteiger partial charge in [-0.2, -0.15) is 0 Å². The summed E-state index contributed by atoms with van der Waals surface area (Å²) in [7, 11) is 5.37. The third-order valence-electron chi connectivity index (χ3n) is 6.59. The van der Waals surface area contributed by atoms with Crippen LogP contribution >= 0.6 is 0 Å². The largest absolute Gasteiger partial charge is 0.496 e. The summed E-state index contributed by atoms with van der Waals surface area (Å²) < 4.78 is 17.6. The van der Waals surface area contributed by atoms with Gasteiger partial charge in [0.05, 0.1) is 14.2 Å². The molecule has 2 heterocycles. The molecule has 2 aliphatic rings. The SMILES string of the molecule is COc1cc(OC)c(C2CCN(C)CC2)c2c1C(=O)/C(=C/c1cccc3ccccc13)O2. The number of nitrogens with zero attached hydrogens (tertiary/aromatic N) is 1. The molecule has 164 valence electrons. The lowest BCUT2D eigenvalue weighted by atomic mass is 9.86. The molecule has 1 saturated heterocycles. The molecule has 3 aromatic rings. The number of carbonyl (C=O) groups is 1. The van der Waals surface area contributed by atoms with Crippen molar-refractivity contribution >= 4 is 22.6 Å². The van der Waals surface area contributed by atoms with Gasteiger partial charge in [0, 0.05) is 11.6 Å². The first-order valence-electron chi connectivity index (χ1n) is 11.0. The van der Waals surface area contributed by atoms with E-state index in [1.165, 1.54) is 0 Å². The average Bonchev–Trinajstić information content (AvgIpc) is 3.15. The zero-order valence-corrected chi connectivity index (χ0v) is 18.7. The van der Waals surface area contributed by atoms with E-state index in [1.807, 2.05) is 36.4 Å². The van der Waals surface area contributed by atoms with E-state index in [1.54, 1.807) is 14.2 Å². The molecule has 0 aromatic heterocycles. The number of benzene rings is 3. The van der Waals surface area contributed by atoms with Gasteiger partial charge >= 0.3 is 0 Å². The minimum absolute atomic E-state index is 0.151. The van der Waals surface area contributed by atoms with Crippen LogP contribution in [0.4, 0.5) is 0 Å². The fourth-order valence-electron chi connectivity index (χ4n) is 4.85. The van der Waals surface area contributed by atoms with Crippen molar-refractivity contribution in [3.63, 3.8) is 0 Å². The summed E-state index contributed by atoms with van der Waals surface area (Å²) in [6.45, 7) is 2.00. The summed E-state index contributed by atoms with van der Waals surface area (Å²) in [6.07, 6.45) is 3.83. The Kier molecular flexibility index (Phi) is 5.35. The normalized spacial score (nSPS) is 18.1. The highest BCUT2D eigenvalue weighted by Crippen LogP contribution is 2.50. The molecule has 0 saturated carbocycles. The van der Waals surface area contributed by atoms with Crippen LogP contribution in [0, 0.1) is 0 Å². The third-order valence-corrected chi connectivity index (χ3v) is 6.59. The van der Waals surface area contributed by atoms with Gasteiger partial charge in [0.25, 0.3) is 0 Å². The molecule has 2 aliphatic heterocycles. The first-order valence-corrected chi connectivity index (χ1v) is 11.0. The molecule has 0 spiro atoms. The lowest BCUT2D eigenvalue weighted by Gasteiger charge is -2.30. The lowest BCUT2D eigenvalue weighted by molar-refractivity contribution is 0.101. The number of hydrogen-bond donors (Lipinski definition) is 0. The molecule has 5 rings (SSSR count). The summed E-state index contributed by atoms with van der Waals surface area (Å²) in [5.41, 5.74) is 2.42. The number of likely N-dealkylation sites (tertiary alicyclic amines) is 1. The van der Waals surface area contributed by atoms with E-state index in [0.29, 0.717) is 22.8 Å². The molecule has 0 aliphatic carbocycles. The fourth-order valence-corrected chi connectivity index (χ4v) is 4.85. The Bertz CT molecular complexity index is 1220. The van der Waals surface area contributed by atoms with Crippen molar-refractivity contribution in [2.75, 3.05) is 34.4 Å². The summed E-state index contributed by atoms with van der Waals surface area (Å²) in [5.74, 6) is 2.23. The van der Waals surface area contributed by atoms with Crippen molar-refractivity contribution in [2.45, 2.75) is 18.8 Å². The number of Topliss-reactive ketones (excluding diaryl/α,β-unsaturated/α-hetero) is 1. The quantitative estimate of drug-likeness (QED) is 0.528. The van der Waals surface area contributed by atoms with Crippen LogP contribution in [-0.4, -0.2) is 45.0 Å². The van der Waals surface area contributed by atoms with Gasteiger partial charge in [0.15, 0.2) is 5.76 Å². The predicted octanol–water partition coefficient (Wildman–Crippen LogP) is 5.28. The number of fused-ring (bicyclic) bond motifs is 2. The van der Waals surface area contributed by atoms with Crippen molar-refractivity contribution in [1.82, 2.24) is 4.90 Å². The molecule has 5 heteroatoms. The third kappa shape index (κ3) is 3.43. The molecule has 0 bridgehead atoms. The van der Waals surface area contributed by atoms with E-state index >= 15 is 0 Å². The number of ether oxygens (including phenoxy) is 3. The highest BCUT2D eigenvalue weighted by molar-refractivity contribution is 6.17. The number of ketones is 1. The van der Waals surface area contributed by atoms with Gasteiger partial charge < -0.3 is 19.1 Å². The smallest absolute Gasteiger partial charge is 0.235 e. The number of piperidine rings is 1. The summed E-state index contributed by atoms with van der Waals surface area (Å²) >= 11 is 0. The summed E-state index contributed by atoms with van der Waals surface area (Å²) in [6, 6.07) is 16.0. The molecule has 1 fully saturated rings. The molecule has 0 unspecified atom stereocenters. The number of carbonyl (C=O) groups excluding carboxylic acids is 1. The number of allylic oxidation sites excluding steroid dienone is 1. The molecule has 0 radical (unpaired) electrons. The molecule has 0 amide bonds. The van der Waals surface area contributed by atoms with Crippen LogP contribution in [0.15, 0.2) is 54.3 Å². The van der Waals surface area contributed by atoms with E-state index in [4.69, 9.17) is 14.2 Å². The van der Waals surface area contributed by atoms with Crippen molar-refractivity contribution < 1.29 is 19.0 Å². The van der Waals surface area contributed by atoms with E-state index in [2.05, 4.69) is 30.1 Å². The topological polar surface area (TPSA) is 48.0 Å². The Labute approximate surface area is 188 Å². The van der Waals surface area contributed by atoms with Gasteiger partial charge in [-0.25, -0.2) is 0 Å². The number of hydrogen-bond acceptors (Lipinski definition) is 5. The maximum atomic E-state index is 13.5. The standard InChI is InChI=1S/C27H27NO4/c1-28-13-11-18(12-14-28)24-21(30-2)16-22(31-3)25-26(29)23(32-27(24)25)15-19-9-6-8-17-7-4-5-10-20(17)19/h4-10,15-16,18H,11-14H2,1-3H3/b23-15-. The van der Waals surface area contributed by atoms with Crippen LogP contribution in [0.3, 0.4) is 0 Å². The van der Waals surface area contributed by atoms with E-state index in [9.17, 15) is 4.79 Å². The zero-order valence-electron chi connectivity index (χ0n) is 18.7. The molecule has 0 N–H and O–H groups in total. The van der Waals surface area contributed by atoms with Crippen LogP contribution in [0.1, 0.15) is 40.2 Å². The van der Waals surface area contributed by atoms with Gasteiger partial charge in [-0.1, -0.05) is 42.5 Å². The lowest BCUT2D eigenvalue weighted by Crippen LogP contribution is -2.29. The maximum Gasteiger partial charge on any atom is 0.235 e. The zero-order chi connectivity index (χ0) is 22.2. The van der Waals surface area contributed by atoms with Crippen molar-refractivity contribution in [1.29, 1.82) is 0 Å². The van der Waals surface area contributed by atoms with Crippen LogP contribution in [0.25, 0.3) is 16.8 Å². The average molecular weight is 430 g/mol. The number of rotatable bonds is 4. The van der Waals surface area contributed by atoms with Crippen molar-refractivity contribution in [3.05, 3.63) is 71.0 Å². The van der Waals surface area contributed by atoms with E-state index < -0.39 is 0 Å². The molecule has 0 atom stereocenters. The van der Waals surface area contributed by atoms with Crippen LogP contribution < -0.4 is 14.2 Å². The van der Waals surface area contributed by atoms with Crippen LogP contribution in [0.2, 0.25) is 0 Å². The van der Waals surface area contributed by atoms with E-state index in [-0.39, 0.29) is 11.7 Å².